The number of carbonyl (C=O) groups excluding carboxylic acids is 2. The molecule has 0 unspecified atom stereocenters. The van der Waals surface area contributed by atoms with E-state index in [2.05, 4.69) is 10.3 Å². The quantitative estimate of drug-likeness (QED) is 0.663. The van der Waals surface area contributed by atoms with Crippen LogP contribution >= 0.6 is 11.6 Å². The first-order valence-electron chi connectivity index (χ1n) is 8.93. The van der Waals surface area contributed by atoms with Gasteiger partial charge in [-0.05, 0) is 42.8 Å². The summed E-state index contributed by atoms with van der Waals surface area (Å²) in [5.41, 5.74) is 2.20. The smallest absolute Gasteiger partial charge is 0.274 e. The highest BCUT2D eigenvalue weighted by Crippen LogP contribution is 2.16. The summed E-state index contributed by atoms with van der Waals surface area (Å²) in [6, 6.07) is 19.8. The van der Waals surface area contributed by atoms with E-state index >= 15 is 0 Å². The standard InChI is InChI=1S/C22H20ClN3O2/c1-2-26(15-16-7-4-3-5-8-16)22(28)17-11-12-24-20(13-17)21(27)25-19-10-6-9-18(23)14-19/h3-14H,2,15H2,1H3,(H,25,27). The molecule has 0 atom stereocenters. The molecule has 0 aliphatic heterocycles. The molecule has 142 valence electrons. The van der Waals surface area contributed by atoms with Crippen LogP contribution in [0, 0.1) is 0 Å². The summed E-state index contributed by atoms with van der Waals surface area (Å²) in [5.74, 6) is -0.548. The summed E-state index contributed by atoms with van der Waals surface area (Å²) in [7, 11) is 0. The van der Waals surface area contributed by atoms with E-state index in [1.54, 1.807) is 35.2 Å². The fourth-order valence-corrected chi connectivity index (χ4v) is 2.95. The van der Waals surface area contributed by atoms with E-state index in [-0.39, 0.29) is 11.6 Å². The van der Waals surface area contributed by atoms with Gasteiger partial charge in [-0.25, -0.2) is 0 Å². The lowest BCUT2D eigenvalue weighted by molar-refractivity contribution is 0.0752. The number of hydrogen-bond donors (Lipinski definition) is 1. The summed E-state index contributed by atoms with van der Waals surface area (Å²) >= 11 is 5.94. The van der Waals surface area contributed by atoms with Crippen molar-refractivity contribution in [3.8, 4) is 0 Å². The SMILES string of the molecule is CCN(Cc1ccccc1)C(=O)c1ccnc(C(=O)Nc2cccc(Cl)c2)c1. The van der Waals surface area contributed by atoms with Crippen molar-refractivity contribution in [2.45, 2.75) is 13.5 Å². The summed E-state index contributed by atoms with van der Waals surface area (Å²) in [5, 5.41) is 3.26. The Morgan fingerprint density at radius 1 is 1.04 bits per heavy atom. The Kier molecular flexibility index (Phi) is 6.40. The van der Waals surface area contributed by atoms with E-state index in [0.29, 0.717) is 29.4 Å². The monoisotopic (exact) mass is 393 g/mol. The first-order chi connectivity index (χ1) is 13.6. The third-order valence-corrected chi connectivity index (χ3v) is 4.44. The summed E-state index contributed by atoms with van der Waals surface area (Å²) in [4.78, 5) is 31.2. The highest BCUT2D eigenvalue weighted by molar-refractivity contribution is 6.30. The molecular weight excluding hydrogens is 374 g/mol. The maximum Gasteiger partial charge on any atom is 0.274 e. The fourth-order valence-electron chi connectivity index (χ4n) is 2.76. The van der Waals surface area contributed by atoms with E-state index < -0.39 is 5.91 Å². The lowest BCUT2D eigenvalue weighted by Crippen LogP contribution is -2.30. The maximum absolute atomic E-state index is 12.9. The number of benzene rings is 2. The average Bonchev–Trinajstić information content (AvgIpc) is 2.72. The molecule has 0 saturated carbocycles. The van der Waals surface area contributed by atoms with Gasteiger partial charge in [0, 0.05) is 35.6 Å². The number of amides is 2. The number of hydrogen-bond acceptors (Lipinski definition) is 3. The van der Waals surface area contributed by atoms with Crippen molar-refractivity contribution in [2.24, 2.45) is 0 Å². The van der Waals surface area contributed by atoms with E-state index in [0.717, 1.165) is 5.56 Å². The molecule has 0 spiro atoms. The van der Waals surface area contributed by atoms with E-state index in [4.69, 9.17) is 11.6 Å². The van der Waals surface area contributed by atoms with Gasteiger partial charge in [0.25, 0.3) is 11.8 Å². The third kappa shape index (κ3) is 4.96. The van der Waals surface area contributed by atoms with Crippen LogP contribution in [0.5, 0.6) is 0 Å². The average molecular weight is 394 g/mol. The molecule has 2 aromatic carbocycles. The lowest BCUT2D eigenvalue weighted by Gasteiger charge is -2.21. The molecule has 0 bridgehead atoms. The molecule has 1 N–H and O–H groups in total. The molecule has 28 heavy (non-hydrogen) atoms. The minimum Gasteiger partial charge on any atom is -0.335 e. The van der Waals surface area contributed by atoms with E-state index in [1.807, 2.05) is 37.3 Å². The van der Waals surface area contributed by atoms with Gasteiger partial charge in [-0.2, -0.15) is 0 Å². The van der Waals surface area contributed by atoms with Crippen LogP contribution in [0.25, 0.3) is 0 Å². The van der Waals surface area contributed by atoms with Crippen molar-refractivity contribution in [3.05, 3.63) is 94.8 Å². The highest BCUT2D eigenvalue weighted by Gasteiger charge is 2.17. The zero-order valence-corrected chi connectivity index (χ0v) is 16.2. The highest BCUT2D eigenvalue weighted by atomic mass is 35.5. The Hall–Kier alpha value is -3.18. The van der Waals surface area contributed by atoms with Gasteiger partial charge < -0.3 is 10.2 Å². The van der Waals surface area contributed by atoms with Crippen LogP contribution < -0.4 is 5.32 Å². The van der Waals surface area contributed by atoms with Crippen molar-refractivity contribution < 1.29 is 9.59 Å². The number of rotatable bonds is 6. The van der Waals surface area contributed by atoms with Crippen molar-refractivity contribution in [1.82, 2.24) is 9.88 Å². The van der Waals surface area contributed by atoms with Crippen LogP contribution in [0.4, 0.5) is 5.69 Å². The Morgan fingerprint density at radius 2 is 1.82 bits per heavy atom. The maximum atomic E-state index is 12.9. The van der Waals surface area contributed by atoms with Crippen molar-refractivity contribution in [2.75, 3.05) is 11.9 Å². The number of pyridine rings is 1. The summed E-state index contributed by atoms with van der Waals surface area (Å²) in [6.45, 7) is 2.98. The number of carbonyl (C=O) groups is 2. The topological polar surface area (TPSA) is 62.3 Å². The Balaban J connectivity index is 1.75. The zero-order chi connectivity index (χ0) is 19.9. The minimum atomic E-state index is -0.400. The van der Waals surface area contributed by atoms with Gasteiger partial charge in [0.1, 0.15) is 5.69 Å². The van der Waals surface area contributed by atoms with Gasteiger partial charge in [0.15, 0.2) is 0 Å². The second-order valence-electron chi connectivity index (χ2n) is 6.20. The number of halogens is 1. The predicted molar refractivity (Wildman–Crippen MR) is 110 cm³/mol. The predicted octanol–water partition coefficient (Wildman–Crippen LogP) is 4.65. The van der Waals surface area contributed by atoms with E-state index in [1.165, 1.54) is 12.3 Å². The van der Waals surface area contributed by atoms with E-state index in [9.17, 15) is 9.59 Å². The minimum absolute atomic E-state index is 0.148. The van der Waals surface area contributed by atoms with Crippen molar-refractivity contribution in [1.29, 1.82) is 0 Å². The molecule has 2 amide bonds. The van der Waals surface area contributed by atoms with Crippen LogP contribution in [0.3, 0.4) is 0 Å². The molecule has 5 nitrogen and oxygen atoms in total. The summed E-state index contributed by atoms with van der Waals surface area (Å²) < 4.78 is 0. The zero-order valence-electron chi connectivity index (χ0n) is 15.4. The second kappa shape index (κ2) is 9.15. The molecule has 0 radical (unpaired) electrons. The van der Waals surface area contributed by atoms with Gasteiger partial charge in [-0.1, -0.05) is 48.0 Å². The Bertz CT molecular complexity index is 976. The Labute approximate surface area is 169 Å². The van der Waals surface area contributed by atoms with Crippen LogP contribution in [0.15, 0.2) is 72.9 Å². The summed E-state index contributed by atoms with van der Waals surface area (Å²) in [6.07, 6.45) is 1.47. The molecule has 0 aliphatic rings. The number of nitrogens with zero attached hydrogens (tertiary/aromatic N) is 2. The van der Waals surface area contributed by atoms with Gasteiger partial charge >= 0.3 is 0 Å². The molecule has 1 aromatic heterocycles. The molecule has 1 heterocycles. The van der Waals surface area contributed by atoms with Crippen LogP contribution in [-0.2, 0) is 6.54 Å². The second-order valence-corrected chi connectivity index (χ2v) is 6.64. The molecule has 3 aromatic rings. The third-order valence-electron chi connectivity index (χ3n) is 4.21. The van der Waals surface area contributed by atoms with Crippen molar-refractivity contribution in [3.63, 3.8) is 0 Å². The normalized spacial score (nSPS) is 10.4. The van der Waals surface area contributed by atoms with Crippen LogP contribution in [0.2, 0.25) is 5.02 Å². The van der Waals surface area contributed by atoms with Gasteiger partial charge in [0.05, 0.1) is 0 Å². The van der Waals surface area contributed by atoms with Crippen molar-refractivity contribution >= 4 is 29.1 Å². The number of aromatic nitrogens is 1. The largest absolute Gasteiger partial charge is 0.335 e. The molecule has 6 heteroatoms. The molecule has 3 rings (SSSR count). The molecule has 0 aliphatic carbocycles. The number of nitrogens with one attached hydrogen (secondary N) is 1. The lowest BCUT2D eigenvalue weighted by atomic mass is 10.1. The Morgan fingerprint density at radius 3 is 2.54 bits per heavy atom. The van der Waals surface area contributed by atoms with Gasteiger partial charge in [0.2, 0.25) is 0 Å². The van der Waals surface area contributed by atoms with Crippen LogP contribution in [-0.4, -0.2) is 28.2 Å². The first kappa shape index (κ1) is 19.6. The first-order valence-corrected chi connectivity index (χ1v) is 9.31. The van der Waals surface area contributed by atoms with Crippen LogP contribution in [0.1, 0.15) is 33.3 Å². The molecular formula is C22H20ClN3O2. The molecule has 0 saturated heterocycles. The fraction of sp³-hybridized carbons (Fsp3) is 0.136. The van der Waals surface area contributed by atoms with Gasteiger partial charge in [-0.3, -0.25) is 14.6 Å². The van der Waals surface area contributed by atoms with Gasteiger partial charge in [-0.15, -0.1) is 0 Å². The molecule has 0 fully saturated rings. The number of anilines is 1.